The Labute approximate surface area is 100 Å². The maximum Gasteiger partial charge on any atom is 0.330 e. The maximum absolute atomic E-state index is 11.7. The molecule has 6 heteroatoms. The lowest BCUT2D eigenvalue weighted by molar-refractivity contribution is -0.148. The number of carboxylic acids is 1. The first-order chi connectivity index (χ1) is 8.12. The van der Waals surface area contributed by atoms with Gasteiger partial charge in [-0.05, 0) is 32.1 Å². The van der Waals surface area contributed by atoms with Crippen LogP contribution in [0.5, 0.6) is 0 Å². The summed E-state index contributed by atoms with van der Waals surface area (Å²) in [5.74, 6) is -0.933. The molecule has 0 bridgehead atoms. The van der Waals surface area contributed by atoms with Crippen molar-refractivity contribution in [1.29, 1.82) is 0 Å². The zero-order valence-corrected chi connectivity index (χ0v) is 9.87. The highest BCUT2D eigenvalue weighted by Crippen LogP contribution is 2.31. The second-order valence-electron chi connectivity index (χ2n) is 4.85. The van der Waals surface area contributed by atoms with Gasteiger partial charge in [-0.3, -0.25) is 5.43 Å². The predicted octanol–water partition coefficient (Wildman–Crippen LogP) is 0.694. The van der Waals surface area contributed by atoms with Gasteiger partial charge >= 0.3 is 12.0 Å². The molecule has 96 valence electrons. The molecule has 1 heterocycles. The summed E-state index contributed by atoms with van der Waals surface area (Å²) in [6.07, 6.45) is 5.25. The van der Waals surface area contributed by atoms with E-state index in [9.17, 15) is 9.59 Å². The SMILES string of the molecule is O=C(NN1CCCCC1)NC1(C(=O)O)CCC1. The number of aliphatic carboxylic acids is 1. The summed E-state index contributed by atoms with van der Waals surface area (Å²) in [5, 5.41) is 13.5. The Bertz CT molecular complexity index is 309. The van der Waals surface area contributed by atoms with Crippen LogP contribution in [0.15, 0.2) is 0 Å². The van der Waals surface area contributed by atoms with Gasteiger partial charge in [0.15, 0.2) is 0 Å². The lowest BCUT2D eigenvalue weighted by atomic mass is 9.77. The molecule has 1 aliphatic heterocycles. The fourth-order valence-electron chi connectivity index (χ4n) is 2.32. The van der Waals surface area contributed by atoms with Gasteiger partial charge in [0, 0.05) is 13.1 Å². The minimum atomic E-state index is -1.03. The van der Waals surface area contributed by atoms with Crippen LogP contribution in [0.2, 0.25) is 0 Å². The first-order valence-electron chi connectivity index (χ1n) is 6.20. The third kappa shape index (κ3) is 2.69. The average Bonchev–Trinajstić information content (AvgIpc) is 2.24. The van der Waals surface area contributed by atoms with Crippen molar-refractivity contribution in [1.82, 2.24) is 15.8 Å². The Balaban J connectivity index is 1.81. The zero-order valence-electron chi connectivity index (χ0n) is 9.87. The molecular formula is C11H19N3O3. The van der Waals surface area contributed by atoms with Gasteiger partial charge in [-0.1, -0.05) is 6.42 Å². The number of piperidine rings is 1. The van der Waals surface area contributed by atoms with Crippen molar-refractivity contribution in [2.24, 2.45) is 0 Å². The number of hydrazine groups is 1. The van der Waals surface area contributed by atoms with Crippen LogP contribution in [0, 0.1) is 0 Å². The number of nitrogens with zero attached hydrogens (tertiary/aromatic N) is 1. The molecule has 3 N–H and O–H groups in total. The van der Waals surface area contributed by atoms with Crippen molar-refractivity contribution in [3.8, 4) is 0 Å². The number of urea groups is 1. The van der Waals surface area contributed by atoms with Crippen LogP contribution in [0.1, 0.15) is 38.5 Å². The molecule has 0 spiro atoms. The maximum atomic E-state index is 11.7. The first kappa shape index (κ1) is 12.2. The molecule has 1 saturated carbocycles. The highest BCUT2D eigenvalue weighted by Gasteiger charge is 2.45. The number of carbonyl (C=O) groups is 2. The van der Waals surface area contributed by atoms with E-state index in [1.807, 2.05) is 5.01 Å². The molecule has 0 aromatic carbocycles. The molecule has 1 saturated heterocycles. The van der Waals surface area contributed by atoms with Crippen molar-refractivity contribution in [3.63, 3.8) is 0 Å². The molecule has 6 nitrogen and oxygen atoms in total. The van der Waals surface area contributed by atoms with Gasteiger partial charge < -0.3 is 10.4 Å². The van der Waals surface area contributed by atoms with Gasteiger partial charge in [0.05, 0.1) is 0 Å². The number of hydrogen-bond donors (Lipinski definition) is 3. The highest BCUT2D eigenvalue weighted by atomic mass is 16.4. The topological polar surface area (TPSA) is 81.7 Å². The van der Waals surface area contributed by atoms with E-state index < -0.39 is 17.5 Å². The molecule has 17 heavy (non-hydrogen) atoms. The fourth-order valence-corrected chi connectivity index (χ4v) is 2.32. The number of carbonyl (C=O) groups excluding carboxylic acids is 1. The van der Waals surface area contributed by atoms with Crippen LogP contribution < -0.4 is 10.7 Å². The highest BCUT2D eigenvalue weighted by molar-refractivity contribution is 5.86. The van der Waals surface area contributed by atoms with E-state index in [4.69, 9.17) is 5.11 Å². The summed E-state index contributed by atoms with van der Waals surface area (Å²) in [6.45, 7) is 1.68. The van der Waals surface area contributed by atoms with Crippen LogP contribution in [0.25, 0.3) is 0 Å². The first-order valence-corrected chi connectivity index (χ1v) is 6.20. The zero-order chi connectivity index (χ0) is 12.3. The second kappa shape index (κ2) is 4.91. The third-order valence-corrected chi connectivity index (χ3v) is 3.59. The lowest BCUT2D eigenvalue weighted by Gasteiger charge is -2.39. The molecule has 0 radical (unpaired) electrons. The number of hydrogen-bond acceptors (Lipinski definition) is 3. The van der Waals surface area contributed by atoms with Gasteiger partial charge in [-0.15, -0.1) is 0 Å². The van der Waals surface area contributed by atoms with Crippen LogP contribution in [0.3, 0.4) is 0 Å². The number of nitrogens with one attached hydrogen (secondary N) is 2. The van der Waals surface area contributed by atoms with Crippen molar-refractivity contribution in [2.75, 3.05) is 13.1 Å². The molecule has 2 amide bonds. The van der Waals surface area contributed by atoms with Crippen molar-refractivity contribution >= 4 is 12.0 Å². The molecule has 2 aliphatic rings. The van der Waals surface area contributed by atoms with Gasteiger partial charge in [0.1, 0.15) is 5.54 Å². The number of carboxylic acid groups (broad SMARTS) is 1. The monoisotopic (exact) mass is 241 g/mol. The number of amides is 2. The van der Waals surface area contributed by atoms with Crippen LogP contribution in [-0.4, -0.2) is 40.7 Å². The Morgan fingerprint density at radius 3 is 2.18 bits per heavy atom. The summed E-state index contributed by atoms with van der Waals surface area (Å²) >= 11 is 0. The van der Waals surface area contributed by atoms with E-state index in [1.54, 1.807) is 0 Å². The van der Waals surface area contributed by atoms with Crippen molar-refractivity contribution < 1.29 is 14.7 Å². The summed E-state index contributed by atoms with van der Waals surface area (Å²) < 4.78 is 0. The number of rotatable bonds is 3. The minimum absolute atomic E-state index is 0.394. The van der Waals surface area contributed by atoms with Gasteiger partial charge in [0.2, 0.25) is 0 Å². The molecule has 2 rings (SSSR count). The van der Waals surface area contributed by atoms with Gasteiger partial charge in [0.25, 0.3) is 0 Å². The molecule has 2 fully saturated rings. The molecular weight excluding hydrogens is 222 g/mol. The predicted molar refractivity (Wildman–Crippen MR) is 61.3 cm³/mol. The van der Waals surface area contributed by atoms with E-state index in [0.29, 0.717) is 12.8 Å². The van der Waals surface area contributed by atoms with E-state index >= 15 is 0 Å². The lowest BCUT2D eigenvalue weighted by Crippen LogP contribution is -2.63. The quantitative estimate of drug-likeness (QED) is 0.679. The van der Waals surface area contributed by atoms with Crippen LogP contribution in [0.4, 0.5) is 4.79 Å². The van der Waals surface area contributed by atoms with Crippen molar-refractivity contribution in [3.05, 3.63) is 0 Å². The van der Waals surface area contributed by atoms with Crippen molar-refractivity contribution in [2.45, 2.75) is 44.1 Å². The molecule has 0 atom stereocenters. The Morgan fingerprint density at radius 1 is 1.06 bits per heavy atom. The Hall–Kier alpha value is -1.30. The second-order valence-corrected chi connectivity index (χ2v) is 4.85. The van der Waals surface area contributed by atoms with E-state index in [0.717, 1.165) is 32.4 Å². The summed E-state index contributed by atoms with van der Waals surface area (Å²) in [6, 6.07) is -0.394. The molecule has 1 aliphatic carbocycles. The Morgan fingerprint density at radius 2 is 1.71 bits per heavy atom. The smallest absolute Gasteiger partial charge is 0.330 e. The van der Waals surface area contributed by atoms with Crippen LogP contribution >= 0.6 is 0 Å². The molecule has 0 aromatic heterocycles. The minimum Gasteiger partial charge on any atom is -0.480 e. The summed E-state index contributed by atoms with van der Waals surface area (Å²) in [5.41, 5.74) is 1.69. The average molecular weight is 241 g/mol. The fraction of sp³-hybridized carbons (Fsp3) is 0.818. The van der Waals surface area contributed by atoms with Crippen LogP contribution in [-0.2, 0) is 4.79 Å². The van der Waals surface area contributed by atoms with E-state index in [-0.39, 0.29) is 0 Å². The van der Waals surface area contributed by atoms with Gasteiger partial charge in [-0.25, -0.2) is 14.6 Å². The molecule has 0 aromatic rings. The summed E-state index contributed by atoms with van der Waals surface area (Å²) in [4.78, 5) is 22.8. The standard InChI is InChI=1S/C11H19N3O3/c15-9(16)11(5-4-6-11)12-10(17)13-14-7-2-1-3-8-14/h1-8H2,(H,15,16)(H2,12,13,17). The van der Waals surface area contributed by atoms with E-state index in [1.165, 1.54) is 6.42 Å². The largest absolute Gasteiger partial charge is 0.480 e. The summed E-state index contributed by atoms with van der Waals surface area (Å²) in [7, 11) is 0. The molecule has 0 unspecified atom stereocenters. The Kier molecular flexibility index (Phi) is 3.51. The van der Waals surface area contributed by atoms with E-state index in [2.05, 4.69) is 10.7 Å². The normalized spacial score (nSPS) is 23.5. The van der Waals surface area contributed by atoms with Gasteiger partial charge in [-0.2, -0.15) is 0 Å². The third-order valence-electron chi connectivity index (χ3n) is 3.59.